The fourth-order valence-electron chi connectivity index (χ4n) is 1.92. The molecule has 0 aliphatic carbocycles. The smallest absolute Gasteiger partial charge is 0.137 e. The van der Waals surface area contributed by atoms with Gasteiger partial charge < -0.3 is 5.73 Å². The summed E-state index contributed by atoms with van der Waals surface area (Å²) in [5.41, 5.74) is 9.04. The molecular formula is C16H18FNS. The first-order valence-electron chi connectivity index (χ1n) is 6.34. The Morgan fingerprint density at radius 2 is 1.89 bits per heavy atom. The molecule has 2 aromatic carbocycles. The van der Waals surface area contributed by atoms with Crippen molar-refractivity contribution in [1.29, 1.82) is 0 Å². The van der Waals surface area contributed by atoms with Crippen molar-refractivity contribution in [3.8, 4) is 0 Å². The molecular weight excluding hydrogens is 257 g/mol. The summed E-state index contributed by atoms with van der Waals surface area (Å²) in [5.74, 6) is -0.172. The number of hydrogen-bond donors (Lipinski definition) is 1. The van der Waals surface area contributed by atoms with Crippen molar-refractivity contribution in [1.82, 2.24) is 0 Å². The van der Waals surface area contributed by atoms with Gasteiger partial charge in [-0.15, -0.1) is 0 Å². The zero-order valence-electron chi connectivity index (χ0n) is 11.2. The normalized spacial score (nSPS) is 10.7. The van der Waals surface area contributed by atoms with Crippen molar-refractivity contribution in [2.45, 2.75) is 30.1 Å². The highest BCUT2D eigenvalue weighted by atomic mass is 32.2. The second kappa shape index (κ2) is 6.22. The van der Waals surface area contributed by atoms with Crippen LogP contribution >= 0.6 is 11.8 Å². The molecule has 2 N–H and O–H groups in total. The van der Waals surface area contributed by atoms with Gasteiger partial charge in [0.2, 0.25) is 0 Å². The molecule has 0 atom stereocenters. The third-order valence-electron chi connectivity index (χ3n) is 3.16. The summed E-state index contributed by atoms with van der Waals surface area (Å²) in [6, 6.07) is 11.4. The molecule has 0 aliphatic rings. The summed E-state index contributed by atoms with van der Waals surface area (Å²) < 4.78 is 14.0. The monoisotopic (exact) mass is 275 g/mol. The van der Waals surface area contributed by atoms with E-state index in [1.54, 1.807) is 6.07 Å². The van der Waals surface area contributed by atoms with Gasteiger partial charge in [-0.05, 0) is 61.7 Å². The van der Waals surface area contributed by atoms with Gasteiger partial charge in [-0.2, -0.15) is 0 Å². The highest BCUT2D eigenvalue weighted by molar-refractivity contribution is 7.99. The van der Waals surface area contributed by atoms with E-state index in [4.69, 9.17) is 5.73 Å². The van der Waals surface area contributed by atoms with Gasteiger partial charge in [0.05, 0.1) is 4.90 Å². The Labute approximate surface area is 118 Å². The van der Waals surface area contributed by atoms with E-state index in [0.717, 1.165) is 10.5 Å². The fourth-order valence-corrected chi connectivity index (χ4v) is 2.99. The summed E-state index contributed by atoms with van der Waals surface area (Å²) in [7, 11) is 0. The van der Waals surface area contributed by atoms with E-state index >= 15 is 0 Å². The SMILES string of the molecule is Cc1ccc(Sc2c(F)cccc2CCN)cc1C. The molecule has 0 saturated heterocycles. The molecule has 0 fully saturated rings. The summed E-state index contributed by atoms with van der Waals surface area (Å²) in [6.45, 7) is 4.68. The first-order chi connectivity index (χ1) is 9.11. The number of halogens is 1. The molecule has 1 nitrogen and oxygen atoms in total. The van der Waals surface area contributed by atoms with E-state index < -0.39 is 0 Å². The minimum atomic E-state index is -0.172. The largest absolute Gasteiger partial charge is 0.330 e. The molecule has 3 heteroatoms. The van der Waals surface area contributed by atoms with Crippen LogP contribution in [0.4, 0.5) is 4.39 Å². The lowest BCUT2D eigenvalue weighted by Gasteiger charge is -2.10. The first kappa shape index (κ1) is 14.1. The van der Waals surface area contributed by atoms with Gasteiger partial charge in [0, 0.05) is 4.90 Å². The Hall–Kier alpha value is -1.32. The molecule has 0 bridgehead atoms. The van der Waals surface area contributed by atoms with E-state index in [1.807, 2.05) is 12.1 Å². The molecule has 0 spiro atoms. The van der Waals surface area contributed by atoms with Crippen molar-refractivity contribution in [3.05, 3.63) is 58.9 Å². The Bertz CT molecular complexity index is 581. The molecule has 0 radical (unpaired) electrons. The number of rotatable bonds is 4. The third-order valence-corrected chi connectivity index (χ3v) is 4.31. The molecule has 0 saturated carbocycles. The molecule has 2 rings (SSSR count). The molecule has 19 heavy (non-hydrogen) atoms. The van der Waals surface area contributed by atoms with Gasteiger partial charge >= 0.3 is 0 Å². The zero-order chi connectivity index (χ0) is 13.8. The van der Waals surface area contributed by atoms with E-state index in [0.29, 0.717) is 17.9 Å². The van der Waals surface area contributed by atoms with Crippen LogP contribution in [-0.4, -0.2) is 6.54 Å². The summed E-state index contributed by atoms with van der Waals surface area (Å²) in [5, 5.41) is 0. The highest BCUT2D eigenvalue weighted by Crippen LogP contribution is 2.33. The Morgan fingerprint density at radius 1 is 1.11 bits per heavy atom. The quantitative estimate of drug-likeness (QED) is 0.909. The topological polar surface area (TPSA) is 26.0 Å². The highest BCUT2D eigenvalue weighted by Gasteiger charge is 2.10. The number of hydrogen-bond acceptors (Lipinski definition) is 2. The van der Waals surface area contributed by atoms with Crippen LogP contribution in [0.5, 0.6) is 0 Å². The van der Waals surface area contributed by atoms with Crippen LogP contribution in [0.3, 0.4) is 0 Å². The van der Waals surface area contributed by atoms with Gasteiger partial charge in [-0.3, -0.25) is 0 Å². The van der Waals surface area contributed by atoms with Crippen molar-refractivity contribution >= 4 is 11.8 Å². The molecule has 0 heterocycles. The molecule has 0 amide bonds. The summed E-state index contributed by atoms with van der Waals surface area (Å²) in [4.78, 5) is 1.75. The van der Waals surface area contributed by atoms with Crippen molar-refractivity contribution in [2.75, 3.05) is 6.54 Å². The Morgan fingerprint density at radius 3 is 2.58 bits per heavy atom. The summed E-state index contributed by atoms with van der Waals surface area (Å²) in [6.07, 6.45) is 0.699. The molecule has 2 aromatic rings. The van der Waals surface area contributed by atoms with Crippen LogP contribution < -0.4 is 5.73 Å². The van der Waals surface area contributed by atoms with Crippen LogP contribution in [0.2, 0.25) is 0 Å². The maximum atomic E-state index is 14.0. The predicted octanol–water partition coefficient (Wildman–Crippen LogP) is 4.09. The van der Waals surface area contributed by atoms with Crippen LogP contribution in [0.1, 0.15) is 16.7 Å². The molecule has 0 aromatic heterocycles. The zero-order valence-corrected chi connectivity index (χ0v) is 12.1. The second-order valence-electron chi connectivity index (χ2n) is 4.61. The standard InChI is InChI=1S/C16H18FNS/c1-11-6-7-14(10-12(11)2)19-16-13(8-9-18)4-3-5-15(16)17/h3-7,10H,8-9,18H2,1-2H3. The molecule has 0 unspecified atom stereocenters. The van der Waals surface area contributed by atoms with Crippen LogP contribution in [-0.2, 0) is 6.42 Å². The van der Waals surface area contributed by atoms with Crippen molar-refractivity contribution in [2.24, 2.45) is 5.73 Å². The minimum Gasteiger partial charge on any atom is -0.330 e. The number of aryl methyl sites for hydroxylation is 2. The molecule has 0 aliphatic heterocycles. The lowest BCUT2D eigenvalue weighted by molar-refractivity contribution is 0.597. The van der Waals surface area contributed by atoms with Crippen molar-refractivity contribution < 1.29 is 4.39 Å². The number of benzene rings is 2. The van der Waals surface area contributed by atoms with E-state index in [9.17, 15) is 4.39 Å². The van der Waals surface area contributed by atoms with Crippen LogP contribution in [0.25, 0.3) is 0 Å². The van der Waals surface area contributed by atoms with E-state index in [-0.39, 0.29) is 5.82 Å². The van der Waals surface area contributed by atoms with Gasteiger partial charge in [-0.25, -0.2) is 4.39 Å². The lowest BCUT2D eigenvalue weighted by atomic mass is 10.1. The van der Waals surface area contributed by atoms with Gasteiger partial charge in [0.1, 0.15) is 5.82 Å². The van der Waals surface area contributed by atoms with Gasteiger partial charge in [0.25, 0.3) is 0 Å². The maximum Gasteiger partial charge on any atom is 0.137 e. The average molecular weight is 275 g/mol. The molecule has 100 valence electrons. The first-order valence-corrected chi connectivity index (χ1v) is 7.16. The third kappa shape index (κ3) is 3.37. The van der Waals surface area contributed by atoms with Crippen LogP contribution in [0, 0.1) is 19.7 Å². The van der Waals surface area contributed by atoms with Gasteiger partial charge in [-0.1, -0.05) is 30.0 Å². The van der Waals surface area contributed by atoms with Crippen molar-refractivity contribution in [3.63, 3.8) is 0 Å². The van der Waals surface area contributed by atoms with Crippen LogP contribution in [0.15, 0.2) is 46.2 Å². The Kier molecular flexibility index (Phi) is 4.61. The van der Waals surface area contributed by atoms with E-state index in [1.165, 1.54) is 29.0 Å². The van der Waals surface area contributed by atoms with Gasteiger partial charge in [0.15, 0.2) is 0 Å². The Balaban J connectivity index is 2.34. The maximum absolute atomic E-state index is 14.0. The fraction of sp³-hybridized carbons (Fsp3) is 0.250. The predicted molar refractivity (Wildman–Crippen MR) is 79.2 cm³/mol. The lowest BCUT2D eigenvalue weighted by Crippen LogP contribution is -2.04. The average Bonchev–Trinajstić information content (AvgIpc) is 2.38. The summed E-state index contributed by atoms with van der Waals surface area (Å²) >= 11 is 1.47. The van der Waals surface area contributed by atoms with E-state index in [2.05, 4.69) is 26.0 Å². The minimum absolute atomic E-state index is 0.172. The second-order valence-corrected chi connectivity index (χ2v) is 5.70. The number of nitrogens with two attached hydrogens (primary N) is 1.